The van der Waals surface area contributed by atoms with Gasteiger partial charge < -0.3 is 5.32 Å². The fourth-order valence-corrected chi connectivity index (χ4v) is 3.36. The summed E-state index contributed by atoms with van der Waals surface area (Å²) in [5, 5.41) is 16.9. The fraction of sp³-hybridized carbons (Fsp3) is 0.227. The van der Waals surface area contributed by atoms with Crippen molar-refractivity contribution in [2.75, 3.05) is 0 Å². The third kappa shape index (κ3) is 4.34. The summed E-state index contributed by atoms with van der Waals surface area (Å²) in [5.41, 5.74) is 3.72. The van der Waals surface area contributed by atoms with Gasteiger partial charge in [-0.3, -0.25) is 4.79 Å². The monoisotopic (exact) mass is 428 g/mol. The lowest BCUT2D eigenvalue weighted by Gasteiger charge is -2.13. The lowest BCUT2D eigenvalue weighted by molar-refractivity contribution is -0.120. The van der Waals surface area contributed by atoms with Crippen LogP contribution in [0.25, 0.3) is 5.69 Å². The molecule has 0 aliphatic rings. The van der Waals surface area contributed by atoms with Crippen LogP contribution in [0.2, 0.25) is 5.02 Å². The van der Waals surface area contributed by atoms with Crippen LogP contribution in [0.15, 0.2) is 36.4 Å². The molecule has 3 aromatic rings. The molecule has 0 aliphatic carbocycles. The van der Waals surface area contributed by atoms with Gasteiger partial charge in [0.25, 0.3) is 0 Å². The number of carbonyl (C=O) groups is 1. The van der Waals surface area contributed by atoms with Crippen molar-refractivity contribution in [2.45, 2.75) is 33.2 Å². The summed E-state index contributed by atoms with van der Waals surface area (Å²) in [5.74, 6) is -2.12. The Morgan fingerprint density at radius 3 is 2.60 bits per heavy atom. The number of benzene rings is 2. The highest BCUT2D eigenvalue weighted by molar-refractivity contribution is 6.31. The number of amides is 1. The predicted octanol–water partition coefficient (Wildman–Crippen LogP) is 4.65. The number of nitriles is 1. The van der Waals surface area contributed by atoms with Gasteiger partial charge in [-0.2, -0.15) is 10.4 Å². The Balaban J connectivity index is 1.82. The van der Waals surface area contributed by atoms with E-state index in [1.54, 1.807) is 17.7 Å². The van der Waals surface area contributed by atoms with Gasteiger partial charge in [0, 0.05) is 27.9 Å². The molecule has 1 heterocycles. The molecule has 0 saturated carbocycles. The van der Waals surface area contributed by atoms with Crippen LogP contribution in [0.1, 0.15) is 34.1 Å². The van der Waals surface area contributed by atoms with Crippen LogP contribution >= 0.6 is 11.6 Å². The molecule has 1 unspecified atom stereocenters. The summed E-state index contributed by atoms with van der Waals surface area (Å²) in [6.45, 7) is 5.51. The zero-order valence-corrected chi connectivity index (χ0v) is 17.4. The van der Waals surface area contributed by atoms with Crippen LogP contribution in [0.4, 0.5) is 8.78 Å². The Labute approximate surface area is 177 Å². The Morgan fingerprint density at radius 1 is 1.23 bits per heavy atom. The van der Waals surface area contributed by atoms with Gasteiger partial charge in [-0.25, -0.2) is 13.5 Å². The molecular weight excluding hydrogens is 410 g/mol. The number of nitrogens with zero attached hydrogens (tertiary/aromatic N) is 3. The molecule has 2 aromatic carbocycles. The van der Waals surface area contributed by atoms with Crippen molar-refractivity contribution >= 4 is 17.5 Å². The van der Waals surface area contributed by atoms with Crippen molar-refractivity contribution in [3.05, 3.63) is 81.1 Å². The molecule has 0 bridgehead atoms. The van der Waals surface area contributed by atoms with Crippen LogP contribution in [0.5, 0.6) is 0 Å². The van der Waals surface area contributed by atoms with E-state index in [0.717, 1.165) is 29.1 Å². The van der Waals surface area contributed by atoms with E-state index < -0.39 is 23.6 Å². The zero-order valence-electron chi connectivity index (χ0n) is 16.6. The Hall–Kier alpha value is -3.24. The Bertz CT molecular complexity index is 1170. The summed E-state index contributed by atoms with van der Waals surface area (Å²) in [6, 6.07) is 9.03. The number of hydrogen-bond acceptors (Lipinski definition) is 3. The standard InChI is InChI=1S/C22H19ClF2N4O/c1-12-4-6-16(9-19(12)23)29-14(3)18(13(2)28-29)10-22(30)27-21(11-26)17-7-5-15(24)8-20(17)25/h4-9,21H,10H2,1-3H3,(H,27,30). The minimum absolute atomic E-state index is 0.0434. The van der Waals surface area contributed by atoms with Crippen molar-refractivity contribution in [3.8, 4) is 11.8 Å². The molecule has 1 N–H and O–H groups in total. The Kier molecular flexibility index (Phi) is 6.18. The van der Waals surface area contributed by atoms with Crippen LogP contribution in [-0.4, -0.2) is 15.7 Å². The average Bonchev–Trinajstić information content (AvgIpc) is 2.97. The van der Waals surface area contributed by atoms with E-state index in [9.17, 15) is 18.8 Å². The van der Waals surface area contributed by atoms with E-state index in [4.69, 9.17) is 11.6 Å². The molecule has 8 heteroatoms. The van der Waals surface area contributed by atoms with Crippen LogP contribution in [0, 0.1) is 43.7 Å². The van der Waals surface area contributed by atoms with Gasteiger partial charge in [-0.1, -0.05) is 23.7 Å². The van der Waals surface area contributed by atoms with Gasteiger partial charge >= 0.3 is 0 Å². The largest absolute Gasteiger partial charge is 0.336 e. The molecule has 30 heavy (non-hydrogen) atoms. The van der Waals surface area contributed by atoms with Crippen molar-refractivity contribution in [3.63, 3.8) is 0 Å². The first-order valence-corrected chi connectivity index (χ1v) is 9.54. The van der Waals surface area contributed by atoms with Crippen molar-refractivity contribution in [1.29, 1.82) is 5.26 Å². The minimum Gasteiger partial charge on any atom is -0.336 e. The number of nitrogens with one attached hydrogen (secondary N) is 1. The van der Waals surface area contributed by atoms with Gasteiger partial charge in [0.1, 0.15) is 17.7 Å². The molecule has 0 spiro atoms. The third-order valence-corrected chi connectivity index (χ3v) is 5.29. The molecule has 3 rings (SSSR count). The van der Waals surface area contributed by atoms with Crippen LogP contribution in [0.3, 0.4) is 0 Å². The summed E-state index contributed by atoms with van der Waals surface area (Å²) in [6.07, 6.45) is -0.0434. The Morgan fingerprint density at radius 2 is 1.97 bits per heavy atom. The van der Waals surface area contributed by atoms with Gasteiger partial charge in [-0.05, 0) is 44.5 Å². The molecule has 1 atom stereocenters. The lowest BCUT2D eigenvalue weighted by Crippen LogP contribution is -2.30. The summed E-state index contributed by atoms with van der Waals surface area (Å²) >= 11 is 6.21. The first kappa shape index (κ1) is 21.5. The maximum Gasteiger partial charge on any atom is 0.225 e. The van der Waals surface area contributed by atoms with Crippen LogP contribution in [-0.2, 0) is 11.2 Å². The number of halogens is 3. The van der Waals surface area contributed by atoms with Gasteiger partial charge in [0.05, 0.1) is 23.9 Å². The average molecular weight is 429 g/mol. The number of carbonyl (C=O) groups excluding carboxylic acids is 1. The normalized spacial score (nSPS) is 11.8. The molecule has 0 fully saturated rings. The maximum absolute atomic E-state index is 14.0. The molecule has 0 saturated heterocycles. The highest BCUT2D eigenvalue weighted by Crippen LogP contribution is 2.24. The summed E-state index contributed by atoms with van der Waals surface area (Å²) in [7, 11) is 0. The summed E-state index contributed by atoms with van der Waals surface area (Å²) < 4.78 is 28.8. The molecular formula is C22H19ClF2N4O. The van der Waals surface area contributed by atoms with Crippen molar-refractivity contribution in [1.82, 2.24) is 15.1 Å². The van der Waals surface area contributed by atoms with Crippen molar-refractivity contribution < 1.29 is 13.6 Å². The molecule has 0 aliphatic heterocycles. The highest BCUT2D eigenvalue weighted by Gasteiger charge is 2.21. The number of aryl methyl sites for hydroxylation is 2. The lowest BCUT2D eigenvalue weighted by atomic mass is 10.1. The zero-order chi connectivity index (χ0) is 22.0. The van der Waals surface area contributed by atoms with Gasteiger partial charge in [-0.15, -0.1) is 0 Å². The van der Waals surface area contributed by atoms with Crippen molar-refractivity contribution in [2.24, 2.45) is 0 Å². The quantitative estimate of drug-likeness (QED) is 0.642. The van der Waals surface area contributed by atoms with E-state index in [1.807, 2.05) is 32.0 Å². The minimum atomic E-state index is -1.23. The van der Waals surface area contributed by atoms with E-state index >= 15 is 0 Å². The number of hydrogen-bond donors (Lipinski definition) is 1. The van der Waals surface area contributed by atoms with Gasteiger partial charge in [0.15, 0.2) is 0 Å². The third-order valence-electron chi connectivity index (χ3n) is 4.89. The first-order chi connectivity index (χ1) is 14.2. The number of aromatic nitrogens is 2. The first-order valence-electron chi connectivity index (χ1n) is 9.16. The smallest absolute Gasteiger partial charge is 0.225 e. The maximum atomic E-state index is 14.0. The fourth-order valence-electron chi connectivity index (χ4n) is 3.18. The molecule has 1 aromatic heterocycles. The summed E-state index contributed by atoms with van der Waals surface area (Å²) in [4.78, 5) is 12.6. The topological polar surface area (TPSA) is 70.7 Å². The predicted molar refractivity (Wildman–Crippen MR) is 109 cm³/mol. The highest BCUT2D eigenvalue weighted by atomic mass is 35.5. The van der Waals surface area contributed by atoms with E-state index in [1.165, 1.54) is 0 Å². The second-order valence-corrected chi connectivity index (χ2v) is 7.37. The van der Waals surface area contributed by atoms with E-state index in [2.05, 4.69) is 10.4 Å². The SMILES string of the molecule is Cc1ccc(-n2nc(C)c(CC(=O)NC(C#N)c3ccc(F)cc3F)c2C)cc1Cl. The van der Waals surface area contributed by atoms with E-state index in [0.29, 0.717) is 22.3 Å². The molecule has 0 radical (unpaired) electrons. The molecule has 5 nitrogen and oxygen atoms in total. The van der Waals surface area contributed by atoms with E-state index in [-0.39, 0.29) is 12.0 Å². The van der Waals surface area contributed by atoms with Gasteiger partial charge in [0.2, 0.25) is 5.91 Å². The number of rotatable bonds is 5. The second-order valence-electron chi connectivity index (χ2n) is 6.97. The van der Waals surface area contributed by atoms with Crippen LogP contribution < -0.4 is 5.32 Å². The second kappa shape index (κ2) is 8.64. The molecule has 1 amide bonds. The molecule has 154 valence electrons.